The number of nitrogens with two attached hydrogens (primary N) is 4. The molecule has 1 aromatic carbocycles. The molecule has 0 bridgehead atoms. The van der Waals surface area contributed by atoms with Crippen LogP contribution in [0.15, 0.2) is 30.3 Å². The minimum Gasteiger partial charge on any atom is -0.394 e. The Kier molecular flexibility index (Phi) is 49.5. The van der Waals surface area contributed by atoms with Gasteiger partial charge in [-0.1, -0.05) is 64.4 Å². The molecule has 0 saturated heterocycles. The summed E-state index contributed by atoms with van der Waals surface area (Å²) in [6.45, 7) is 0.456. The second kappa shape index (κ2) is 55.7. The predicted octanol–water partition coefficient (Wildman–Crippen LogP) is -11.4. The second-order valence-electron chi connectivity index (χ2n) is 26.5. The average Bonchev–Trinajstić information content (AvgIpc) is 0.852. The van der Waals surface area contributed by atoms with Gasteiger partial charge in [0.15, 0.2) is 11.9 Å². The van der Waals surface area contributed by atoms with E-state index in [2.05, 4.69) is 90.4 Å². The van der Waals surface area contributed by atoms with Crippen LogP contribution in [0.1, 0.15) is 104 Å². The summed E-state index contributed by atoms with van der Waals surface area (Å²) in [5, 5.41) is 99.4. The van der Waals surface area contributed by atoms with Gasteiger partial charge in [0.05, 0.1) is 58.5 Å². The molecule has 0 aliphatic carbocycles. The van der Waals surface area contributed by atoms with Crippen molar-refractivity contribution in [3.05, 3.63) is 35.9 Å². The number of hydrogen-bond acceptors (Lipinski definition) is 25. The predicted molar refractivity (Wildman–Crippen MR) is 413 cm³/mol. The summed E-state index contributed by atoms with van der Waals surface area (Å²) in [6, 6.07) is -9.83. The zero-order valence-corrected chi connectivity index (χ0v) is 65.6. The van der Waals surface area contributed by atoms with Crippen LogP contribution in [0.3, 0.4) is 0 Å². The van der Waals surface area contributed by atoms with Crippen molar-refractivity contribution >= 4 is 118 Å². The maximum Gasteiger partial charge on any atom is 0.245 e. The molecule has 0 heterocycles. The summed E-state index contributed by atoms with van der Waals surface area (Å²) in [7, 11) is 2.93. The van der Waals surface area contributed by atoms with E-state index in [1.54, 1.807) is 34.1 Å². The van der Waals surface area contributed by atoms with Crippen molar-refractivity contribution in [3.63, 3.8) is 0 Å². The number of benzene rings is 1. The van der Waals surface area contributed by atoms with Gasteiger partial charge in [-0.05, 0) is 107 Å². The lowest BCUT2D eigenvalue weighted by atomic mass is 9.97. The molecular weight excluding hydrogens is 1500 g/mol. The average molecular weight is 1620 g/mol. The van der Waals surface area contributed by atoms with Crippen LogP contribution in [0.4, 0.5) is 0 Å². The van der Waals surface area contributed by atoms with Crippen LogP contribution < -0.4 is 119 Å². The highest BCUT2D eigenvalue weighted by atomic mass is 32.2. The van der Waals surface area contributed by atoms with Crippen LogP contribution in [0, 0.1) is 22.7 Å². The molecule has 0 saturated carbocycles. The van der Waals surface area contributed by atoms with Gasteiger partial charge in [0.25, 0.3) is 0 Å². The summed E-state index contributed by atoms with van der Waals surface area (Å²) in [5.74, 6) is -17.4. The first-order valence-corrected chi connectivity index (χ1v) is 38.1. The lowest BCUT2D eigenvalue weighted by Crippen LogP contribution is -2.62. The molecule has 44 nitrogen and oxygen atoms in total. The van der Waals surface area contributed by atoms with Crippen molar-refractivity contribution in [1.82, 2.24) is 95.7 Å². The van der Waals surface area contributed by atoms with E-state index in [-0.39, 0.29) is 102 Å². The highest BCUT2D eigenvalue weighted by Crippen LogP contribution is 2.13. The number of carbonyl (C=O) groups is 16. The fraction of sp³-hybridized carbons (Fsp3) is 0.647. The molecule has 113 heavy (non-hydrogen) atoms. The summed E-state index contributed by atoms with van der Waals surface area (Å²) in [5.41, 5.74) is 23.2. The van der Waals surface area contributed by atoms with Crippen molar-refractivity contribution in [2.45, 2.75) is 177 Å². The van der Waals surface area contributed by atoms with Crippen molar-refractivity contribution < 1.29 is 97.1 Å². The third kappa shape index (κ3) is 40.4. The number of thioether (sulfide) groups is 1. The summed E-state index contributed by atoms with van der Waals surface area (Å²) < 4.78 is 0. The molecule has 0 radical (unpaired) electrons. The highest BCUT2D eigenvalue weighted by molar-refractivity contribution is 7.98. The van der Waals surface area contributed by atoms with Crippen LogP contribution in [0.5, 0.6) is 0 Å². The summed E-state index contributed by atoms with van der Waals surface area (Å²) in [4.78, 5) is 216. The van der Waals surface area contributed by atoms with Gasteiger partial charge in [-0.3, -0.25) is 87.5 Å². The normalized spacial score (nSPS) is 14.4. The third-order valence-electron chi connectivity index (χ3n) is 17.0. The topological polar surface area (TPSA) is 722 Å². The smallest absolute Gasteiger partial charge is 0.245 e. The van der Waals surface area contributed by atoms with Crippen LogP contribution in [0.25, 0.3) is 0 Å². The number of guanidine groups is 2. The van der Waals surface area contributed by atoms with Gasteiger partial charge in [-0.15, -0.1) is 0 Å². The number of aliphatic hydroxyl groups is 4. The number of hydrogen-bond donors (Lipinski definition) is 28. The molecule has 1 aromatic rings. The highest BCUT2D eigenvalue weighted by Gasteiger charge is 2.38. The van der Waals surface area contributed by atoms with Crippen LogP contribution >= 0.6 is 11.8 Å². The Morgan fingerprint density at radius 3 is 1.19 bits per heavy atom. The van der Waals surface area contributed by atoms with Crippen LogP contribution in [-0.4, -0.2) is 291 Å². The first-order chi connectivity index (χ1) is 53.6. The van der Waals surface area contributed by atoms with E-state index in [1.165, 1.54) is 25.7 Å². The van der Waals surface area contributed by atoms with Gasteiger partial charge < -0.3 is 139 Å². The first kappa shape index (κ1) is 100. The molecule has 0 spiro atoms. The van der Waals surface area contributed by atoms with Gasteiger partial charge in [0, 0.05) is 20.1 Å². The molecule has 636 valence electrons. The van der Waals surface area contributed by atoms with E-state index in [9.17, 15) is 97.1 Å². The minimum atomic E-state index is -1.99. The molecule has 0 aromatic heterocycles. The second-order valence-corrected chi connectivity index (χ2v) is 27.5. The van der Waals surface area contributed by atoms with Gasteiger partial charge in [-0.25, -0.2) is 0 Å². The van der Waals surface area contributed by atoms with Crippen molar-refractivity contribution in [3.8, 4) is 0 Å². The molecular formula is C68H118N24O20S. The summed E-state index contributed by atoms with van der Waals surface area (Å²) >= 11 is 1.26. The zero-order valence-electron chi connectivity index (χ0n) is 64.8. The molecule has 16 amide bonds. The maximum atomic E-state index is 14.5. The number of nitrogens with one attached hydrogen (secondary N) is 20. The Labute approximate surface area is 659 Å². The molecule has 0 aliphatic heterocycles. The Morgan fingerprint density at radius 1 is 0.425 bits per heavy atom. The van der Waals surface area contributed by atoms with Gasteiger partial charge in [-0.2, -0.15) is 11.8 Å². The van der Waals surface area contributed by atoms with Gasteiger partial charge in [0.1, 0.15) is 66.5 Å². The standard InChI is InChI=1S/C68H118N24O20S/c1-8-37(4)54(66(112)91-49(35-96)65(111)90-48(34-95)64(110)89-47(33-94)63(109)88-46(32-93)57(103)81-31-53(100)83-44(26-36(2)3)56(102)79-29-51(98)76-6)92-61(107)41(20-15-24-78-68(73)74)85-62(108)45(28-50(70)97)87-60(106)42(21-25-113-7)86-59(105)40(18-12-13-22-69)84-58(104)39(19-14-23-77-67(71)72)82-52(99)30-80-55(101)43(75-5)27-38-16-10-9-11-17-38/h9-11,16-17,36-37,39-49,54,75,93-96H,8,12-15,18-35,69H2,1-7H3,(H2,70,97)(H,76,98)(H,79,102)(H,80,101)(H,81,103)(H,82,99)(H,83,100)(H,84,104)(H,85,108)(H,86,105)(H,87,106)(H,88,109)(H,89,110)(H,90,111)(H,91,112)(H,92,107)(H4,71,72,77)(H4,73,74,78). The van der Waals surface area contributed by atoms with E-state index in [0.29, 0.717) is 12.8 Å². The molecule has 13 unspecified atom stereocenters. The molecule has 32 N–H and O–H groups in total. The van der Waals surface area contributed by atoms with E-state index in [4.69, 9.17) is 33.8 Å². The molecule has 0 aliphatic rings. The van der Waals surface area contributed by atoms with E-state index in [0.717, 1.165) is 5.56 Å². The summed E-state index contributed by atoms with van der Waals surface area (Å²) in [6.07, 6.45) is 1.61. The lowest BCUT2D eigenvalue weighted by Gasteiger charge is -2.29. The quantitative estimate of drug-likeness (QED) is 0.0164. The van der Waals surface area contributed by atoms with E-state index >= 15 is 0 Å². The number of aliphatic hydroxyl groups excluding tert-OH is 4. The van der Waals surface area contributed by atoms with Crippen LogP contribution in [0.2, 0.25) is 0 Å². The Morgan fingerprint density at radius 2 is 0.788 bits per heavy atom. The van der Waals surface area contributed by atoms with E-state index in [1.807, 2.05) is 35.6 Å². The number of primary amides is 1. The maximum absolute atomic E-state index is 14.5. The van der Waals surface area contributed by atoms with Crippen molar-refractivity contribution in [2.24, 2.45) is 34.8 Å². The Bertz CT molecular complexity index is 3310. The minimum absolute atomic E-state index is 0.0294. The fourth-order valence-electron chi connectivity index (χ4n) is 10.5. The third-order valence-corrected chi connectivity index (χ3v) is 17.7. The number of amides is 16. The fourth-order valence-corrected chi connectivity index (χ4v) is 11.0. The lowest BCUT2D eigenvalue weighted by molar-refractivity contribution is -0.137. The molecule has 0 fully saturated rings. The van der Waals surface area contributed by atoms with Gasteiger partial charge in [0.2, 0.25) is 94.5 Å². The van der Waals surface area contributed by atoms with Gasteiger partial charge >= 0.3 is 0 Å². The SMILES string of the molecule is CCC(C)C(NC(=O)C(CCCNC(=N)N)NC(=O)C(CC(N)=O)NC(=O)C(CCSC)NC(=O)C(CCCCN)NC(=O)C(CCCNC(=N)N)NC(=O)CNC(=O)C(Cc1ccccc1)NC)C(=O)NC(CO)C(=O)NC(CO)C(=O)NC(CO)C(=O)NC(CO)C(=O)NCC(=O)NC(CC(C)C)C(=O)NCC(=O)NC. The number of rotatable bonds is 57. The van der Waals surface area contributed by atoms with Crippen molar-refractivity contribution in [2.75, 3.05) is 91.8 Å². The Hall–Kier alpha value is -10.6. The first-order valence-electron chi connectivity index (χ1n) is 36.7. The monoisotopic (exact) mass is 1620 g/mol. The Balaban J connectivity index is 3.46. The van der Waals surface area contributed by atoms with Crippen molar-refractivity contribution in [1.29, 1.82) is 10.8 Å². The zero-order chi connectivity index (χ0) is 85.3. The van der Waals surface area contributed by atoms with E-state index < -0.39 is 225 Å². The molecule has 1 rings (SSSR count). The number of unbranched alkanes of at least 4 members (excludes halogenated alkanes) is 1. The molecule has 13 atom stereocenters. The number of likely N-dealkylation sites (N-methyl/N-ethyl adjacent to an activating group) is 2. The number of carbonyl (C=O) groups excluding carboxylic acids is 16. The van der Waals surface area contributed by atoms with Crippen LogP contribution in [-0.2, 0) is 83.1 Å². The molecule has 45 heteroatoms. The largest absolute Gasteiger partial charge is 0.394 e.